The maximum Gasteiger partial charge on any atom is 0.192 e. The van der Waals surface area contributed by atoms with Gasteiger partial charge in [-0.15, -0.1) is 0 Å². The third-order valence-electron chi connectivity index (χ3n) is 6.18. The summed E-state index contributed by atoms with van der Waals surface area (Å²) in [7, 11) is -1.68. The molecule has 2 nitrogen and oxygen atoms in total. The van der Waals surface area contributed by atoms with Crippen LogP contribution in [0.2, 0.25) is 18.1 Å². The van der Waals surface area contributed by atoms with Gasteiger partial charge in [0.2, 0.25) is 0 Å². The van der Waals surface area contributed by atoms with Gasteiger partial charge in [-0.05, 0) is 56.8 Å². The molecular weight excluding hydrogens is 310 g/mol. The molecule has 1 heterocycles. The van der Waals surface area contributed by atoms with Gasteiger partial charge in [0.25, 0.3) is 0 Å². The van der Waals surface area contributed by atoms with E-state index in [1.165, 1.54) is 24.8 Å². The second-order valence-corrected chi connectivity index (χ2v) is 14.4. The fourth-order valence-corrected chi connectivity index (χ4v) is 4.42. The van der Waals surface area contributed by atoms with Crippen LogP contribution in [0, 0.1) is 0 Å². The molecule has 0 spiro atoms. The van der Waals surface area contributed by atoms with Crippen molar-refractivity contribution in [3.8, 4) is 0 Å². The van der Waals surface area contributed by atoms with E-state index in [0.717, 1.165) is 13.2 Å². The monoisotopic (exact) mass is 347 g/mol. The molecule has 0 radical (unpaired) electrons. The Kier molecular flexibility index (Phi) is 5.99. The zero-order valence-corrected chi connectivity index (χ0v) is 17.9. The van der Waals surface area contributed by atoms with E-state index in [2.05, 4.69) is 82.9 Å². The molecule has 0 N–H and O–H groups in total. The van der Waals surface area contributed by atoms with Crippen molar-refractivity contribution in [2.45, 2.75) is 90.1 Å². The summed E-state index contributed by atoms with van der Waals surface area (Å²) in [4.78, 5) is 2.69. The van der Waals surface area contributed by atoms with Crippen LogP contribution in [0.4, 0.5) is 0 Å². The van der Waals surface area contributed by atoms with Crippen LogP contribution >= 0.6 is 0 Å². The quantitative estimate of drug-likeness (QED) is 0.620. The van der Waals surface area contributed by atoms with Crippen molar-refractivity contribution in [1.29, 1.82) is 0 Å². The van der Waals surface area contributed by atoms with E-state index in [9.17, 15) is 0 Å². The lowest BCUT2D eigenvalue weighted by atomic mass is 9.86. The predicted molar refractivity (Wildman–Crippen MR) is 107 cm³/mol. The third-order valence-corrected chi connectivity index (χ3v) is 10.7. The van der Waals surface area contributed by atoms with Gasteiger partial charge < -0.3 is 4.43 Å². The lowest BCUT2D eigenvalue weighted by molar-refractivity contribution is -0.00705. The summed E-state index contributed by atoms with van der Waals surface area (Å²) in [6.45, 7) is 18.4. The van der Waals surface area contributed by atoms with Crippen molar-refractivity contribution >= 4 is 8.32 Å². The summed E-state index contributed by atoms with van der Waals surface area (Å²) in [5.41, 5.74) is 1.65. The molecule has 1 aliphatic rings. The number of rotatable bonds is 5. The molecule has 1 fully saturated rings. The maximum absolute atomic E-state index is 6.59. The number of hydrogen-bond donors (Lipinski definition) is 0. The van der Waals surface area contributed by atoms with E-state index in [4.69, 9.17) is 4.43 Å². The van der Waals surface area contributed by atoms with Crippen LogP contribution in [0.3, 0.4) is 0 Å². The lowest BCUT2D eigenvalue weighted by Gasteiger charge is -2.49. The van der Waals surface area contributed by atoms with Gasteiger partial charge in [-0.25, -0.2) is 0 Å². The molecule has 0 saturated carbocycles. The summed E-state index contributed by atoms with van der Waals surface area (Å²) in [5, 5.41) is 0.279. The van der Waals surface area contributed by atoms with Gasteiger partial charge in [-0.2, -0.15) is 0 Å². The Bertz CT molecular complexity index is 518. The van der Waals surface area contributed by atoms with E-state index in [1.807, 2.05) is 0 Å². The topological polar surface area (TPSA) is 12.5 Å². The first-order valence-electron chi connectivity index (χ1n) is 9.48. The molecule has 0 aromatic heterocycles. The van der Waals surface area contributed by atoms with Gasteiger partial charge >= 0.3 is 0 Å². The molecule has 1 aromatic carbocycles. The highest BCUT2D eigenvalue weighted by Gasteiger charge is 2.40. The zero-order valence-electron chi connectivity index (χ0n) is 16.9. The Morgan fingerprint density at radius 3 is 2.38 bits per heavy atom. The molecule has 1 atom stereocenters. The first-order chi connectivity index (χ1) is 11.0. The molecule has 1 aromatic rings. The van der Waals surface area contributed by atoms with Crippen LogP contribution in [0.1, 0.15) is 59.4 Å². The Labute approximate surface area is 150 Å². The molecule has 1 unspecified atom stereocenters. The van der Waals surface area contributed by atoms with Crippen LogP contribution < -0.4 is 0 Å². The van der Waals surface area contributed by atoms with Crippen LogP contribution in [-0.2, 0) is 11.0 Å². The molecule has 1 aliphatic heterocycles. The third kappa shape index (κ3) is 4.71. The summed E-state index contributed by atoms with van der Waals surface area (Å²) in [5.74, 6) is 0. The molecule has 136 valence electrons. The van der Waals surface area contributed by atoms with E-state index >= 15 is 0 Å². The van der Waals surface area contributed by atoms with Crippen molar-refractivity contribution in [1.82, 2.24) is 4.90 Å². The molecule has 0 aliphatic carbocycles. The minimum Gasteiger partial charge on any atom is -0.415 e. The van der Waals surface area contributed by atoms with Crippen molar-refractivity contribution < 1.29 is 4.43 Å². The standard InChI is InChI=1S/C21H37NOSi/c1-20(2,3)24(6,7)23-17-19-14-11-15-21(4,5)22(19)16-18-12-9-8-10-13-18/h8-10,12-13,19H,11,14-17H2,1-7H3. The first-order valence-corrected chi connectivity index (χ1v) is 12.4. The van der Waals surface area contributed by atoms with Gasteiger partial charge in [-0.1, -0.05) is 51.1 Å². The number of piperidine rings is 1. The predicted octanol–water partition coefficient (Wildman–Crippen LogP) is 5.84. The SMILES string of the molecule is CC1(C)CCCC(CO[Si](C)(C)C(C)(C)C)N1Cc1ccccc1. The minimum absolute atomic E-state index is 0.246. The number of benzene rings is 1. The second-order valence-electron chi connectivity index (χ2n) is 9.54. The number of hydrogen-bond acceptors (Lipinski definition) is 2. The van der Waals surface area contributed by atoms with Gasteiger partial charge in [0, 0.05) is 24.7 Å². The highest BCUT2D eigenvalue weighted by atomic mass is 28.4. The molecule has 0 bridgehead atoms. The lowest BCUT2D eigenvalue weighted by Crippen LogP contribution is -2.55. The minimum atomic E-state index is -1.68. The van der Waals surface area contributed by atoms with Crippen LogP contribution in [0.15, 0.2) is 30.3 Å². The van der Waals surface area contributed by atoms with Gasteiger partial charge in [-0.3, -0.25) is 4.90 Å². The van der Waals surface area contributed by atoms with E-state index < -0.39 is 8.32 Å². The summed E-state index contributed by atoms with van der Waals surface area (Å²) >= 11 is 0. The molecule has 1 saturated heterocycles. The zero-order chi connectivity index (χ0) is 18.0. The largest absolute Gasteiger partial charge is 0.415 e. The Morgan fingerprint density at radius 2 is 1.79 bits per heavy atom. The van der Waals surface area contributed by atoms with Gasteiger partial charge in [0.1, 0.15) is 0 Å². The van der Waals surface area contributed by atoms with Crippen LogP contribution in [-0.4, -0.2) is 31.4 Å². The second kappa shape index (κ2) is 7.31. The van der Waals surface area contributed by atoms with Crippen molar-refractivity contribution in [2.75, 3.05) is 6.61 Å². The number of likely N-dealkylation sites (tertiary alicyclic amines) is 1. The number of nitrogens with zero attached hydrogens (tertiary/aromatic N) is 1. The fourth-order valence-electron chi connectivity index (χ4n) is 3.38. The summed E-state index contributed by atoms with van der Waals surface area (Å²) < 4.78 is 6.59. The van der Waals surface area contributed by atoms with Crippen LogP contribution in [0.25, 0.3) is 0 Å². The Balaban J connectivity index is 2.11. The average Bonchev–Trinajstić information content (AvgIpc) is 2.47. The molecule has 2 rings (SSSR count). The van der Waals surface area contributed by atoms with Crippen LogP contribution in [0.5, 0.6) is 0 Å². The summed E-state index contributed by atoms with van der Waals surface area (Å²) in [6.07, 6.45) is 3.84. The molecule has 24 heavy (non-hydrogen) atoms. The van der Waals surface area contributed by atoms with Gasteiger partial charge in [0.05, 0.1) is 0 Å². The molecule has 3 heteroatoms. The average molecular weight is 348 g/mol. The van der Waals surface area contributed by atoms with E-state index in [1.54, 1.807) is 0 Å². The van der Waals surface area contributed by atoms with E-state index in [-0.39, 0.29) is 10.6 Å². The maximum atomic E-state index is 6.59. The van der Waals surface area contributed by atoms with Gasteiger partial charge in [0.15, 0.2) is 8.32 Å². The fraction of sp³-hybridized carbons (Fsp3) is 0.714. The highest BCUT2D eigenvalue weighted by Crippen LogP contribution is 2.38. The van der Waals surface area contributed by atoms with Crippen molar-refractivity contribution in [3.05, 3.63) is 35.9 Å². The normalized spacial score (nSPS) is 22.5. The highest BCUT2D eigenvalue weighted by molar-refractivity contribution is 6.74. The Morgan fingerprint density at radius 1 is 1.17 bits per heavy atom. The van der Waals surface area contributed by atoms with Crippen molar-refractivity contribution in [3.63, 3.8) is 0 Å². The van der Waals surface area contributed by atoms with Crippen molar-refractivity contribution in [2.24, 2.45) is 0 Å². The summed E-state index contributed by atoms with van der Waals surface area (Å²) in [6, 6.07) is 11.4. The molecular formula is C21H37NOSi. The molecule has 0 amide bonds. The van der Waals surface area contributed by atoms with E-state index in [0.29, 0.717) is 6.04 Å². The Hall–Kier alpha value is -0.643. The first kappa shape index (κ1) is 19.7. The smallest absolute Gasteiger partial charge is 0.192 e.